The number of benzene rings is 1. The van der Waals surface area contributed by atoms with Crippen molar-refractivity contribution in [3.63, 3.8) is 0 Å². The Morgan fingerprint density at radius 3 is 2.57 bits per heavy atom. The molecular weight excluding hydrogens is 288 g/mol. The van der Waals surface area contributed by atoms with E-state index in [2.05, 4.69) is 41.7 Å². The predicted octanol–water partition coefficient (Wildman–Crippen LogP) is 2.07. The van der Waals surface area contributed by atoms with Crippen LogP contribution >= 0.6 is 0 Å². The van der Waals surface area contributed by atoms with Crippen molar-refractivity contribution in [2.75, 3.05) is 13.6 Å². The Morgan fingerprint density at radius 2 is 2.00 bits per heavy atom. The van der Waals surface area contributed by atoms with Crippen molar-refractivity contribution in [2.45, 2.75) is 26.3 Å². The number of carbonyl (C=O) groups is 1. The molecule has 0 fully saturated rings. The maximum Gasteiger partial charge on any atom is 0.241 e. The van der Waals surface area contributed by atoms with Gasteiger partial charge in [0.25, 0.3) is 0 Å². The van der Waals surface area contributed by atoms with Gasteiger partial charge in [-0.2, -0.15) is 5.10 Å². The van der Waals surface area contributed by atoms with Gasteiger partial charge in [0.2, 0.25) is 5.91 Å². The van der Waals surface area contributed by atoms with Crippen LogP contribution in [-0.4, -0.2) is 29.3 Å². The summed E-state index contributed by atoms with van der Waals surface area (Å²) in [5, 5.41) is 10.2. The summed E-state index contributed by atoms with van der Waals surface area (Å²) in [5.74, 6) is -0.0263. The number of hydrogen-bond donors (Lipinski definition) is 2. The molecule has 1 heterocycles. The Morgan fingerprint density at radius 1 is 1.30 bits per heavy atom. The minimum Gasteiger partial charge on any atom is -0.354 e. The Kier molecular flexibility index (Phi) is 5.55. The summed E-state index contributed by atoms with van der Waals surface area (Å²) in [7, 11) is 3.63. The molecule has 0 saturated carbocycles. The zero-order valence-electron chi connectivity index (χ0n) is 14.3. The van der Waals surface area contributed by atoms with Crippen LogP contribution in [0.5, 0.6) is 0 Å². The van der Waals surface area contributed by atoms with Crippen LogP contribution in [0.3, 0.4) is 0 Å². The van der Waals surface area contributed by atoms with Crippen molar-refractivity contribution in [1.82, 2.24) is 20.4 Å². The Labute approximate surface area is 138 Å². The average molecular weight is 314 g/mol. The largest absolute Gasteiger partial charge is 0.354 e. The van der Waals surface area contributed by atoms with Crippen LogP contribution in [0, 0.1) is 5.41 Å². The molecule has 0 aliphatic carbocycles. The van der Waals surface area contributed by atoms with E-state index < -0.39 is 0 Å². The van der Waals surface area contributed by atoms with E-state index in [1.807, 2.05) is 31.4 Å². The summed E-state index contributed by atoms with van der Waals surface area (Å²) in [6.07, 6.45) is 4.50. The molecule has 124 valence electrons. The van der Waals surface area contributed by atoms with E-state index >= 15 is 0 Å². The first kappa shape index (κ1) is 17.2. The summed E-state index contributed by atoms with van der Waals surface area (Å²) in [4.78, 5) is 12.5. The third-order valence-corrected chi connectivity index (χ3v) is 3.88. The maximum absolute atomic E-state index is 12.5. The van der Waals surface area contributed by atoms with Gasteiger partial charge in [0, 0.05) is 25.4 Å². The fraction of sp³-hybridized carbons (Fsp3) is 0.444. The highest BCUT2D eigenvalue weighted by atomic mass is 16.2. The van der Waals surface area contributed by atoms with Gasteiger partial charge in [-0.1, -0.05) is 44.2 Å². The fourth-order valence-corrected chi connectivity index (χ4v) is 2.68. The second kappa shape index (κ2) is 7.42. The van der Waals surface area contributed by atoms with E-state index in [-0.39, 0.29) is 17.4 Å². The van der Waals surface area contributed by atoms with Gasteiger partial charge < -0.3 is 10.6 Å². The molecule has 1 atom stereocenters. The molecule has 0 radical (unpaired) electrons. The number of aromatic nitrogens is 2. The third-order valence-electron chi connectivity index (χ3n) is 3.88. The smallest absolute Gasteiger partial charge is 0.241 e. The number of amides is 1. The maximum atomic E-state index is 12.5. The molecule has 0 spiro atoms. The molecule has 5 nitrogen and oxygen atoms in total. The van der Waals surface area contributed by atoms with E-state index in [0.29, 0.717) is 6.54 Å². The molecule has 5 heteroatoms. The molecule has 2 aromatic rings. The van der Waals surface area contributed by atoms with Crippen molar-refractivity contribution >= 4 is 5.91 Å². The zero-order chi connectivity index (χ0) is 16.9. The number of nitrogens with one attached hydrogen (secondary N) is 2. The normalized spacial score (nSPS) is 12.9. The molecule has 0 bridgehead atoms. The molecule has 1 aromatic heterocycles. The van der Waals surface area contributed by atoms with Crippen molar-refractivity contribution in [3.8, 4) is 0 Å². The quantitative estimate of drug-likeness (QED) is 0.822. The van der Waals surface area contributed by atoms with Gasteiger partial charge in [-0.15, -0.1) is 0 Å². The molecular formula is C18H26N4O. The van der Waals surface area contributed by atoms with E-state index in [4.69, 9.17) is 0 Å². The summed E-state index contributed by atoms with van der Waals surface area (Å²) in [6, 6.07) is 9.97. The van der Waals surface area contributed by atoms with Crippen molar-refractivity contribution < 1.29 is 4.79 Å². The minimum atomic E-state index is -0.378. The van der Waals surface area contributed by atoms with Gasteiger partial charge in [0.1, 0.15) is 6.04 Å². The molecule has 2 N–H and O–H groups in total. The summed E-state index contributed by atoms with van der Waals surface area (Å²) >= 11 is 0. The van der Waals surface area contributed by atoms with Gasteiger partial charge in [0.05, 0.1) is 6.20 Å². The molecule has 1 amide bonds. The molecule has 0 aliphatic rings. The van der Waals surface area contributed by atoms with E-state index in [1.165, 1.54) is 5.56 Å². The van der Waals surface area contributed by atoms with Crippen molar-refractivity contribution in [3.05, 3.63) is 53.9 Å². The number of aryl methyl sites for hydroxylation is 1. The molecule has 0 aliphatic heterocycles. The van der Waals surface area contributed by atoms with Crippen LogP contribution in [0.1, 0.15) is 31.0 Å². The Balaban J connectivity index is 1.94. The molecule has 1 unspecified atom stereocenters. The SMILES string of the molecule is CNC(C(=O)NCC(C)(C)Cc1ccccc1)c1cnn(C)c1. The molecule has 2 rings (SSSR count). The lowest BCUT2D eigenvalue weighted by Gasteiger charge is -2.26. The fourth-order valence-electron chi connectivity index (χ4n) is 2.68. The zero-order valence-corrected chi connectivity index (χ0v) is 14.3. The lowest BCUT2D eigenvalue weighted by Crippen LogP contribution is -2.41. The number of nitrogens with zero attached hydrogens (tertiary/aromatic N) is 2. The minimum absolute atomic E-state index is 0.00968. The first-order valence-corrected chi connectivity index (χ1v) is 7.89. The van der Waals surface area contributed by atoms with E-state index in [1.54, 1.807) is 17.9 Å². The Bertz CT molecular complexity index is 633. The highest BCUT2D eigenvalue weighted by Crippen LogP contribution is 2.21. The first-order valence-electron chi connectivity index (χ1n) is 7.89. The Hall–Kier alpha value is -2.14. The number of carbonyl (C=O) groups excluding carboxylic acids is 1. The number of likely N-dealkylation sites (N-methyl/N-ethyl adjacent to an activating group) is 1. The number of rotatable bonds is 7. The first-order chi connectivity index (χ1) is 10.9. The standard InChI is InChI=1S/C18H26N4O/c1-18(2,10-14-8-6-5-7-9-14)13-20-17(23)16(19-3)15-11-21-22(4)12-15/h5-9,11-12,16,19H,10,13H2,1-4H3,(H,20,23). The van der Waals surface area contributed by atoms with Crippen LogP contribution in [0.25, 0.3) is 0 Å². The van der Waals surface area contributed by atoms with E-state index in [0.717, 1.165) is 12.0 Å². The van der Waals surface area contributed by atoms with Crippen molar-refractivity contribution in [1.29, 1.82) is 0 Å². The van der Waals surface area contributed by atoms with Crippen LogP contribution < -0.4 is 10.6 Å². The topological polar surface area (TPSA) is 59.0 Å². The van der Waals surface area contributed by atoms with Crippen LogP contribution in [0.2, 0.25) is 0 Å². The van der Waals surface area contributed by atoms with Gasteiger partial charge >= 0.3 is 0 Å². The lowest BCUT2D eigenvalue weighted by molar-refractivity contribution is -0.123. The van der Waals surface area contributed by atoms with E-state index in [9.17, 15) is 4.79 Å². The van der Waals surface area contributed by atoms with Crippen LogP contribution in [0.15, 0.2) is 42.7 Å². The molecule has 1 aromatic carbocycles. The highest BCUT2D eigenvalue weighted by molar-refractivity contribution is 5.83. The molecule has 0 saturated heterocycles. The second-order valence-corrected chi connectivity index (χ2v) is 6.71. The number of hydrogen-bond acceptors (Lipinski definition) is 3. The van der Waals surface area contributed by atoms with Gasteiger partial charge in [0.15, 0.2) is 0 Å². The lowest BCUT2D eigenvalue weighted by atomic mass is 9.85. The summed E-state index contributed by atoms with van der Waals surface area (Å²) in [6.45, 7) is 4.95. The highest BCUT2D eigenvalue weighted by Gasteiger charge is 2.24. The van der Waals surface area contributed by atoms with Crippen LogP contribution in [-0.2, 0) is 18.3 Å². The monoisotopic (exact) mass is 314 g/mol. The molecule has 23 heavy (non-hydrogen) atoms. The summed E-state index contributed by atoms with van der Waals surface area (Å²) < 4.78 is 1.70. The second-order valence-electron chi connectivity index (χ2n) is 6.71. The van der Waals surface area contributed by atoms with Gasteiger partial charge in [-0.05, 0) is 24.4 Å². The average Bonchev–Trinajstić information content (AvgIpc) is 2.93. The summed E-state index contributed by atoms with van der Waals surface area (Å²) in [5.41, 5.74) is 2.14. The van der Waals surface area contributed by atoms with Crippen molar-refractivity contribution in [2.24, 2.45) is 12.5 Å². The van der Waals surface area contributed by atoms with Gasteiger partial charge in [-0.25, -0.2) is 0 Å². The third kappa shape index (κ3) is 4.93. The van der Waals surface area contributed by atoms with Gasteiger partial charge in [-0.3, -0.25) is 9.48 Å². The predicted molar refractivity (Wildman–Crippen MR) is 91.9 cm³/mol. The van der Waals surface area contributed by atoms with Crippen LogP contribution in [0.4, 0.5) is 0 Å².